The van der Waals surface area contributed by atoms with Crippen molar-refractivity contribution in [3.63, 3.8) is 0 Å². The summed E-state index contributed by atoms with van der Waals surface area (Å²) in [7, 11) is 0. The molecule has 0 unspecified atom stereocenters. The van der Waals surface area contributed by atoms with E-state index in [1.54, 1.807) is 12.2 Å². The minimum absolute atomic E-state index is 0.358. The lowest BCUT2D eigenvalue weighted by atomic mass is 10.2. The van der Waals surface area contributed by atoms with Crippen LogP contribution in [0.3, 0.4) is 0 Å². The molecule has 0 spiro atoms. The summed E-state index contributed by atoms with van der Waals surface area (Å²) in [6.45, 7) is 0.762. The summed E-state index contributed by atoms with van der Waals surface area (Å²) < 4.78 is 0. The first kappa shape index (κ1) is 6.28. The largest absolute Gasteiger partial charge is 0.508 e. The van der Waals surface area contributed by atoms with Gasteiger partial charge in [-0.05, 0) is 18.2 Å². The van der Waals surface area contributed by atoms with Crippen LogP contribution in [0.15, 0.2) is 48.0 Å². The molecule has 0 aliphatic carbocycles. The summed E-state index contributed by atoms with van der Waals surface area (Å²) in [6, 6.07) is 0. The third-order valence-electron chi connectivity index (χ3n) is 1.77. The van der Waals surface area contributed by atoms with Gasteiger partial charge in [0.1, 0.15) is 5.76 Å². The number of hydrogen-bond donors (Lipinski definition) is 1. The van der Waals surface area contributed by atoms with E-state index in [2.05, 4.69) is 4.90 Å². The van der Waals surface area contributed by atoms with Gasteiger partial charge in [-0.25, -0.2) is 0 Å². The van der Waals surface area contributed by atoms with E-state index in [4.69, 9.17) is 5.11 Å². The van der Waals surface area contributed by atoms with E-state index in [0.717, 1.165) is 12.2 Å². The fourth-order valence-corrected chi connectivity index (χ4v) is 1.19. The number of allylic oxidation sites excluding steroid dienone is 4. The van der Waals surface area contributed by atoms with Gasteiger partial charge >= 0.3 is 0 Å². The van der Waals surface area contributed by atoms with Crippen molar-refractivity contribution in [2.45, 2.75) is 0 Å². The highest BCUT2D eigenvalue weighted by atomic mass is 16.3. The van der Waals surface area contributed by atoms with Gasteiger partial charge in [-0.1, -0.05) is 6.08 Å². The SMILES string of the molecule is OC1=CCN2C=CC=CC2=C1. The van der Waals surface area contributed by atoms with Crippen molar-refractivity contribution in [3.05, 3.63) is 48.0 Å². The molecule has 0 atom stereocenters. The minimum Gasteiger partial charge on any atom is -0.508 e. The van der Waals surface area contributed by atoms with E-state index in [0.29, 0.717) is 5.76 Å². The lowest BCUT2D eigenvalue weighted by Crippen LogP contribution is -2.20. The zero-order valence-corrected chi connectivity index (χ0v) is 6.07. The second-order valence-corrected chi connectivity index (χ2v) is 2.55. The fraction of sp³-hybridized carbons (Fsp3) is 0.111. The number of rotatable bonds is 0. The maximum Gasteiger partial charge on any atom is 0.115 e. The molecular formula is C9H9NO. The van der Waals surface area contributed by atoms with Gasteiger partial charge in [0.25, 0.3) is 0 Å². The first-order valence-electron chi connectivity index (χ1n) is 3.58. The van der Waals surface area contributed by atoms with Crippen molar-refractivity contribution < 1.29 is 5.11 Å². The molecule has 56 valence electrons. The average molecular weight is 147 g/mol. The second-order valence-electron chi connectivity index (χ2n) is 2.55. The van der Waals surface area contributed by atoms with E-state index in [-0.39, 0.29) is 0 Å². The van der Waals surface area contributed by atoms with Crippen molar-refractivity contribution in [1.29, 1.82) is 0 Å². The molecule has 2 aliphatic heterocycles. The Morgan fingerprint density at radius 1 is 1.36 bits per heavy atom. The van der Waals surface area contributed by atoms with Gasteiger partial charge in [0, 0.05) is 24.5 Å². The van der Waals surface area contributed by atoms with Gasteiger partial charge < -0.3 is 10.0 Å². The summed E-state index contributed by atoms with van der Waals surface area (Å²) in [5, 5.41) is 9.15. The standard InChI is InChI=1S/C9H9NO/c11-9-4-6-10-5-2-1-3-8(10)7-9/h1-5,7,11H,6H2. The molecule has 2 rings (SSSR count). The minimum atomic E-state index is 0.358. The smallest absolute Gasteiger partial charge is 0.115 e. The van der Waals surface area contributed by atoms with Crippen molar-refractivity contribution in [1.82, 2.24) is 4.90 Å². The van der Waals surface area contributed by atoms with E-state index < -0.39 is 0 Å². The molecule has 0 fully saturated rings. The predicted octanol–water partition coefficient (Wildman–Crippen LogP) is 1.71. The molecule has 2 heterocycles. The first-order valence-corrected chi connectivity index (χ1v) is 3.58. The zero-order valence-electron chi connectivity index (χ0n) is 6.07. The lowest BCUT2D eigenvalue weighted by Gasteiger charge is -2.24. The first-order chi connectivity index (χ1) is 5.36. The topological polar surface area (TPSA) is 23.5 Å². The summed E-state index contributed by atoms with van der Waals surface area (Å²) in [4.78, 5) is 2.07. The highest BCUT2D eigenvalue weighted by Crippen LogP contribution is 2.17. The maximum atomic E-state index is 9.15. The quantitative estimate of drug-likeness (QED) is 0.563. The number of aliphatic hydroxyl groups is 1. The van der Waals surface area contributed by atoms with Crippen LogP contribution in [0, 0.1) is 0 Å². The summed E-state index contributed by atoms with van der Waals surface area (Å²) in [5.41, 5.74) is 1.05. The Labute approximate surface area is 65.4 Å². The van der Waals surface area contributed by atoms with Gasteiger partial charge in [-0.3, -0.25) is 0 Å². The molecule has 0 aromatic rings. The third kappa shape index (κ3) is 1.07. The molecule has 2 heteroatoms. The van der Waals surface area contributed by atoms with Crippen LogP contribution < -0.4 is 0 Å². The molecule has 0 saturated heterocycles. The van der Waals surface area contributed by atoms with Crippen molar-refractivity contribution in [3.8, 4) is 0 Å². The van der Waals surface area contributed by atoms with Crippen LogP contribution >= 0.6 is 0 Å². The van der Waals surface area contributed by atoms with E-state index in [1.807, 2.05) is 24.4 Å². The molecule has 11 heavy (non-hydrogen) atoms. The van der Waals surface area contributed by atoms with Gasteiger partial charge in [0.15, 0.2) is 0 Å². The molecule has 0 radical (unpaired) electrons. The highest BCUT2D eigenvalue weighted by molar-refractivity contribution is 5.35. The fourth-order valence-electron chi connectivity index (χ4n) is 1.19. The summed E-state index contributed by atoms with van der Waals surface area (Å²) in [5.74, 6) is 0.358. The van der Waals surface area contributed by atoms with Crippen LogP contribution in [0.4, 0.5) is 0 Å². The number of aliphatic hydroxyl groups excluding tert-OH is 1. The van der Waals surface area contributed by atoms with E-state index in [9.17, 15) is 0 Å². The zero-order chi connectivity index (χ0) is 7.68. The number of fused-ring (bicyclic) bond motifs is 1. The Balaban J connectivity index is 2.33. The molecule has 2 aliphatic rings. The molecule has 0 bridgehead atoms. The second kappa shape index (κ2) is 2.31. The molecule has 2 nitrogen and oxygen atoms in total. The van der Waals surface area contributed by atoms with Crippen molar-refractivity contribution in [2.24, 2.45) is 0 Å². The molecule has 1 N–H and O–H groups in total. The Morgan fingerprint density at radius 2 is 2.27 bits per heavy atom. The number of hydrogen-bond acceptors (Lipinski definition) is 2. The summed E-state index contributed by atoms with van der Waals surface area (Å²) >= 11 is 0. The van der Waals surface area contributed by atoms with Gasteiger partial charge in [0.2, 0.25) is 0 Å². The van der Waals surface area contributed by atoms with E-state index in [1.165, 1.54) is 0 Å². The molecule has 0 amide bonds. The Kier molecular flexibility index (Phi) is 1.32. The van der Waals surface area contributed by atoms with Gasteiger partial charge in [-0.2, -0.15) is 0 Å². The Morgan fingerprint density at radius 3 is 3.18 bits per heavy atom. The van der Waals surface area contributed by atoms with Crippen LogP contribution in [0.5, 0.6) is 0 Å². The van der Waals surface area contributed by atoms with Gasteiger partial charge in [-0.15, -0.1) is 0 Å². The third-order valence-corrected chi connectivity index (χ3v) is 1.77. The van der Waals surface area contributed by atoms with Gasteiger partial charge in [0.05, 0.1) is 0 Å². The Hall–Kier alpha value is -1.44. The van der Waals surface area contributed by atoms with Crippen LogP contribution in [-0.4, -0.2) is 16.6 Å². The highest BCUT2D eigenvalue weighted by Gasteiger charge is 2.09. The molecule has 0 aromatic carbocycles. The number of nitrogens with zero attached hydrogens (tertiary/aromatic N) is 1. The van der Waals surface area contributed by atoms with E-state index >= 15 is 0 Å². The van der Waals surface area contributed by atoms with Crippen LogP contribution in [0.25, 0.3) is 0 Å². The maximum absolute atomic E-state index is 9.15. The van der Waals surface area contributed by atoms with Crippen molar-refractivity contribution in [2.75, 3.05) is 6.54 Å². The lowest BCUT2D eigenvalue weighted by molar-refractivity contribution is 0.406. The van der Waals surface area contributed by atoms with Crippen molar-refractivity contribution >= 4 is 0 Å². The monoisotopic (exact) mass is 147 g/mol. The normalized spacial score (nSPS) is 20.9. The predicted molar refractivity (Wildman–Crippen MR) is 43.8 cm³/mol. The van der Waals surface area contributed by atoms with Crippen LogP contribution in [-0.2, 0) is 0 Å². The summed E-state index contributed by atoms with van der Waals surface area (Å²) in [6.07, 6.45) is 11.4. The van der Waals surface area contributed by atoms with Crippen LogP contribution in [0.2, 0.25) is 0 Å². The Bertz CT molecular complexity index is 284. The molecule has 0 aromatic heterocycles. The van der Waals surface area contributed by atoms with Crippen LogP contribution in [0.1, 0.15) is 0 Å². The molecular weight excluding hydrogens is 138 g/mol. The molecule has 0 saturated carbocycles. The average Bonchev–Trinajstić information content (AvgIpc) is 2.04.